The molecular weight excluding hydrogens is 283 g/mol. The van der Waals surface area contributed by atoms with Crippen molar-refractivity contribution in [3.63, 3.8) is 0 Å². The topological polar surface area (TPSA) is 9.23 Å². The highest BCUT2D eigenvalue weighted by atomic mass is 79.9. The minimum absolute atomic E-state index is 0.226. The van der Waals surface area contributed by atoms with E-state index >= 15 is 0 Å². The maximum atomic E-state index is 12.7. The van der Waals surface area contributed by atoms with Crippen LogP contribution in [0.25, 0.3) is 0 Å². The lowest BCUT2D eigenvalue weighted by Crippen LogP contribution is -1.95. The molecule has 0 heterocycles. The molecule has 0 atom stereocenters. The van der Waals surface area contributed by atoms with Crippen LogP contribution in [0.4, 0.5) is 4.39 Å². The molecule has 0 radical (unpaired) electrons. The molecule has 0 spiro atoms. The molecule has 17 heavy (non-hydrogen) atoms. The molecule has 0 N–H and O–H groups in total. The minimum atomic E-state index is -0.226. The van der Waals surface area contributed by atoms with E-state index < -0.39 is 0 Å². The average Bonchev–Trinajstić information content (AvgIpc) is 2.39. The van der Waals surface area contributed by atoms with Crippen molar-refractivity contribution < 1.29 is 9.13 Å². The number of hydrogen-bond acceptors (Lipinski definition) is 1. The van der Waals surface area contributed by atoms with Crippen molar-refractivity contribution in [3.05, 3.63) is 65.5 Å². The summed E-state index contributed by atoms with van der Waals surface area (Å²) < 4.78 is 18.3. The Kier molecular flexibility index (Phi) is 4.15. The maximum absolute atomic E-state index is 12.7. The quantitative estimate of drug-likeness (QED) is 0.764. The zero-order valence-corrected chi connectivity index (χ0v) is 10.8. The molecule has 0 aliphatic heterocycles. The van der Waals surface area contributed by atoms with Gasteiger partial charge in [0.2, 0.25) is 0 Å². The summed E-state index contributed by atoms with van der Waals surface area (Å²) in [5.74, 6) is 0.592. The van der Waals surface area contributed by atoms with Crippen molar-refractivity contribution in [3.8, 4) is 5.75 Å². The zero-order valence-electron chi connectivity index (χ0n) is 9.20. The summed E-state index contributed by atoms with van der Waals surface area (Å²) in [6.45, 7) is 0.452. The van der Waals surface area contributed by atoms with Gasteiger partial charge in [0.05, 0.1) is 0 Å². The molecule has 1 nitrogen and oxygen atoms in total. The fourth-order valence-electron chi connectivity index (χ4n) is 1.42. The van der Waals surface area contributed by atoms with Crippen LogP contribution in [0.5, 0.6) is 5.75 Å². The van der Waals surface area contributed by atoms with Crippen molar-refractivity contribution in [1.82, 2.24) is 0 Å². The van der Waals surface area contributed by atoms with Gasteiger partial charge in [-0.3, -0.25) is 0 Å². The first-order chi connectivity index (χ1) is 8.28. The van der Waals surface area contributed by atoms with Gasteiger partial charge in [-0.1, -0.05) is 40.2 Å². The van der Waals surface area contributed by atoms with Gasteiger partial charge in [-0.05, 0) is 35.4 Å². The molecule has 2 rings (SSSR count). The molecule has 0 bridgehead atoms. The summed E-state index contributed by atoms with van der Waals surface area (Å²) in [5.41, 5.74) is 2.16. The van der Waals surface area contributed by atoms with Crippen molar-refractivity contribution >= 4 is 15.9 Å². The highest BCUT2D eigenvalue weighted by molar-refractivity contribution is 9.08. The van der Waals surface area contributed by atoms with Gasteiger partial charge in [-0.15, -0.1) is 0 Å². The van der Waals surface area contributed by atoms with Gasteiger partial charge in [0.15, 0.2) is 0 Å². The maximum Gasteiger partial charge on any atom is 0.123 e. The lowest BCUT2D eigenvalue weighted by atomic mass is 10.2. The number of rotatable bonds is 4. The number of alkyl halides is 1. The van der Waals surface area contributed by atoms with E-state index in [1.807, 2.05) is 24.3 Å². The summed E-state index contributed by atoms with van der Waals surface area (Å²) in [6, 6.07) is 14.2. The summed E-state index contributed by atoms with van der Waals surface area (Å²) in [6.07, 6.45) is 0. The Morgan fingerprint density at radius 2 is 1.47 bits per heavy atom. The molecule has 3 heteroatoms. The van der Waals surface area contributed by atoms with Crippen LogP contribution in [0.2, 0.25) is 0 Å². The second kappa shape index (κ2) is 5.82. The average molecular weight is 295 g/mol. The first-order valence-corrected chi connectivity index (χ1v) is 6.42. The fraction of sp³-hybridized carbons (Fsp3) is 0.143. The minimum Gasteiger partial charge on any atom is -0.489 e. The van der Waals surface area contributed by atoms with E-state index in [9.17, 15) is 4.39 Å². The van der Waals surface area contributed by atoms with Crippen LogP contribution < -0.4 is 4.74 Å². The molecule has 0 aliphatic carbocycles. The predicted molar refractivity (Wildman–Crippen MR) is 69.8 cm³/mol. The van der Waals surface area contributed by atoms with Crippen LogP contribution in [-0.2, 0) is 11.9 Å². The number of halogens is 2. The zero-order chi connectivity index (χ0) is 12.1. The predicted octanol–water partition coefficient (Wildman–Crippen LogP) is 4.30. The first kappa shape index (κ1) is 12.1. The molecule has 0 saturated heterocycles. The summed E-state index contributed by atoms with van der Waals surface area (Å²) in [7, 11) is 0. The van der Waals surface area contributed by atoms with Crippen LogP contribution in [-0.4, -0.2) is 0 Å². The molecule has 0 aromatic heterocycles. The lowest BCUT2D eigenvalue weighted by Gasteiger charge is -2.06. The molecular formula is C14H12BrFO. The van der Waals surface area contributed by atoms with Crippen LogP contribution in [0.1, 0.15) is 11.1 Å². The lowest BCUT2D eigenvalue weighted by molar-refractivity contribution is 0.306. The third-order valence-corrected chi connectivity index (χ3v) is 3.04. The SMILES string of the molecule is Fc1ccc(COc2ccc(CBr)cc2)cc1. The van der Waals surface area contributed by atoms with Gasteiger partial charge in [-0.2, -0.15) is 0 Å². The number of hydrogen-bond donors (Lipinski definition) is 0. The fourth-order valence-corrected chi connectivity index (χ4v) is 1.80. The number of ether oxygens (including phenoxy) is 1. The Balaban J connectivity index is 1.95. The first-order valence-electron chi connectivity index (χ1n) is 5.30. The molecule has 2 aromatic rings. The van der Waals surface area contributed by atoms with Crippen LogP contribution in [0.15, 0.2) is 48.5 Å². The Morgan fingerprint density at radius 3 is 2.06 bits per heavy atom. The van der Waals surface area contributed by atoms with Gasteiger partial charge < -0.3 is 4.74 Å². The second-order valence-corrected chi connectivity index (χ2v) is 4.25. The van der Waals surface area contributed by atoms with E-state index in [4.69, 9.17) is 4.74 Å². The Hall–Kier alpha value is -1.35. The monoisotopic (exact) mass is 294 g/mol. The Bertz CT molecular complexity index is 465. The Labute approximate surface area is 108 Å². The van der Waals surface area contributed by atoms with Gasteiger partial charge in [0.1, 0.15) is 18.2 Å². The van der Waals surface area contributed by atoms with Gasteiger partial charge >= 0.3 is 0 Å². The second-order valence-electron chi connectivity index (χ2n) is 3.69. The summed E-state index contributed by atoms with van der Waals surface area (Å²) >= 11 is 3.39. The highest BCUT2D eigenvalue weighted by Crippen LogP contribution is 2.15. The van der Waals surface area contributed by atoms with E-state index in [-0.39, 0.29) is 5.82 Å². The molecule has 88 valence electrons. The molecule has 0 saturated carbocycles. The molecule has 0 amide bonds. The summed E-state index contributed by atoms with van der Waals surface area (Å²) in [5, 5.41) is 0.839. The molecule has 2 aromatic carbocycles. The third-order valence-electron chi connectivity index (χ3n) is 2.40. The van der Waals surface area contributed by atoms with Crippen molar-refractivity contribution in [1.29, 1.82) is 0 Å². The van der Waals surface area contributed by atoms with Gasteiger partial charge in [0, 0.05) is 5.33 Å². The van der Waals surface area contributed by atoms with E-state index in [1.165, 1.54) is 17.7 Å². The third kappa shape index (κ3) is 3.56. The van der Waals surface area contributed by atoms with Crippen molar-refractivity contribution in [2.75, 3.05) is 0 Å². The molecule has 0 unspecified atom stereocenters. The summed E-state index contributed by atoms with van der Waals surface area (Å²) in [4.78, 5) is 0. The van der Waals surface area contributed by atoms with Crippen molar-refractivity contribution in [2.45, 2.75) is 11.9 Å². The van der Waals surface area contributed by atoms with Crippen LogP contribution in [0.3, 0.4) is 0 Å². The highest BCUT2D eigenvalue weighted by Gasteiger charge is 1.97. The standard InChI is InChI=1S/C14H12BrFO/c15-9-11-3-7-14(8-4-11)17-10-12-1-5-13(16)6-2-12/h1-8H,9-10H2. The molecule has 0 aliphatic rings. The van der Waals surface area contributed by atoms with Gasteiger partial charge in [-0.25, -0.2) is 4.39 Å². The van der Waals surface area contributed by atoms with E-state index in [1.54, 1.807) is 12.1 Å². The van der Waals surface area contributed by atoms with E-state index in [2.05, 4.69) is 15.9 Å². The smallest absolute Gasteiger partial charge is 0.123 e. The van der Waals surface area contributed by atoms with Crippen LogP contribution in [0, 0.1) is 5.82 Å². The Morgan fingerprint density at radius 1 is 0.882 bits per heavy atom. The van der Waals surface area contributed by atoms with Crippen molar-refractivity contribution in [2.24, 2.45) is 0 Å². The van der Waals surface area contributed by atoms with Crippen LogP contribution >= 0.6 is 15.9 Å². The normalized spacial score (nSPS) is 10.2. The molecule has 0 fully saturated rings. The van der Waals surface area contributed by atoms with Gasteiger partial charge in [0.25, 0.3) is 0 Å². The largest absolute Gasteiger partial charge is 0.489 e. The van der Waals surface area contributed by atoms with E-state index in [0.29, 0.717) is 6.61 Å². The number of benzene rings is 2. The van der Waals surface area contributed by atoms with E-state index in [0.717, 1.165) is 16.6 Å².